The Morgan fingerprint density at radius 1 is 1.25 bits per heavy atom. The summed E-state index contributed by atoms with van der Waals surface area (Å²) in [7, 11) is -3.03. The Balaban J connectivity index is 1.66. The number of aryl methyl sites for hydroxylation is 1. The Morgan fingerprint density at radius 2 is 2.04 bits per heavy atom. The highest BCUT2D eigenvalue weighted by molar-refractivity contribution is 7.91. The lowest BCUT2D eigenvalue weighted by Crippen LogP contribution is -2.42. The summed E-state index contributed by atoms with van der Waals surface area (Å²) in [6.07, 6.45) is -0.176. The Bertz CT molecular complexity index is 903. The van der Waals surface area contributed by atoms with E-state index in [9.17, 15) is 13.5 Å². The van der Waals surface area contributed by atoms with Gasteiger partial charge in [-0.05, 0) is 42.7 Å². The van der Waals surface area contributed by atoms with Gasteiger partial charge in [-0.15, -0.1) is 0 Å². The molecule has 0 radical (unpaired) electrons. The van der Waals surface area contributed by atoms with Crippen molar-refractivity contribution in [3.05, 3.63) is 64.7 Å². The fourth-order valence-electron chi connectivity index (χ4n) is 3.47. The molecule has 0 saturated carbocycles. The summed E-state index contributed by atoms with van der Waals surface area (Å²) < 4.78 is 29.6. The molecule has 0 spiro atoms. The fourth-order valence-corrected chi connectivity index (χ4v) is 5.43. The van der Waals surface area contributed by atoms with E-state index in [-0.39, 0.29) is 24.2 Å². The zero-order chi connectivity index (χ0) is 20.1. The molecule has 0 aromatic heterocycles. The molecule has 0 aliphatic carbocycles. The molecule has 1 aliphatic heterocycles. The van der Waals surface area contributed by atoms with Crippen molar-refractivity contribution in [2.75, 3.05) is 24.7 Å². The van der Waals surface area contributed by atoms with Crippen LogP contribution in [0, 0.1) is 6.92 Å². The summed E-state index contributed by atoms with van der Waals surface area (Å²) in [5, 5.41) is 11.2. The molecule has 2 aromatic carbocycles. The molecule has 1 fully saturated rings. The van der Waals surface area contributed by atoms with Gasteiger partial charge in [-0.3, -0.25) is 4.90 Å². The van der Waals surface area contributed by atoms with Gasteiger partial charge < -0.3 is 9.84 Å². The third-order valence-electron chi connectivity index (χ3n) is 4.93. The molecule has 5 nitrogen and oxygen atoms in total. The second-order valence-electron chi connectivity index (χ2n) is 7.36. The van der Waals surface area contributed by atoms with Crippen LogP contribution in [-0.4, -0.2) is 55.2 Å². The van der Waals surface area contributed by atoms with Crippen LogP contribution >= 0.6 is 11.6 Å². The van der Waals surface area contributed by atoms with Crippen LogP contribution in [0.3, 0.4) is 0 Å². The summed E-state index contributed by atoms with van der Waals surface area (Å²) in [6.45, 7) is 2.93. The highest BCUT2D eigenvalue weighted by atomic mass is 35.5. The van der Waals surface area contributed by atoms with E-state index in [1.54, 1.807) is 0 Å². The van der Waals surface area contributed by atoms with E-state index < -0.39 is 15.9 Å². The summed E-state index contributed by atoms with van der Waals surface area (Å²) in [4.78, 5) is 2.01. The third kappa shape index (κ3) is 5.95. The lowest BCUT2D eigenvalue weighted by Gasteiger charge is -2.30. The van der Waals surface area contributed by atoms with Crippen molar-refractivity contribution in [2.24, 2.45) is 0 Å². The topological polar surface area (TPSA) is 66.8 Å². The van der Waals surface area contributed by atoms with Gasteiger partial charge >= 0.3 is 0 Å². The van der Waals surface area contributed by atoms with Crippen molar-refractivity contribution in [3.63, 3.8) is 0 Å². The van der Waals surface area contributed by atoms with Gasteiger partial charge in [-0.25, -0.2) is 8.42 Å². The molecule has 0 bridgehead atoms. The predicted octanol–water partition coefficient (Wildman–Crippen LogP) is 3.08. The molecule has 1 saturated heterocycles. The second kappa shape index (κ2) is 9.27. The second-order valence-corrected chi connectivity index (χ2v) is 9.99. The molecule has 2 unspecified atom stereocenters. The quantitative estimate of drug-likeness (QED) is 0.706. The predicted molar refractivity (Wildman–Crippen MR) is 112 cm³/mol. The minimum absolute atomic E-state index is 0.114. The lowest BCUT2D eigenvalue weighted by molar-refractivity contribution is 0.0524. The van der Waals surface area contributed by atoms with E-state index in [0.29, 0.717) is 30.3 Å². The number of hydrogen-bond acceptors (Lipinski definition) is 5. The number of aliphatic hydroxyl groups is 1. The SMILES string of the molecule is Cc1cccc(OCC(O)CN(Cc2ccccc2Cl)C2CCS(=O)(=O)C2)c1. The van der Waals surface area contributed by atoms with Crippen LogP contribution in [0.5, 0.6) is 5.75 Å². The number of halogens is 1. The van der Waals surface area contributed by atoms with Gasteiger partial charge in [0.1, 0.15) is 18.5 Å². The summed E-state index contributed by atoms with van der Waals surface area (Å²) in [5.74, 6) is 1.01. The minimum Gasteiger partial charge on any atom is -0.491 e. The highest BCUT2D eigenvalue weighted by Crippen LogP contribution is 2.23. The fraction of sp³-hybridized carbons (Fsp3) is 0.429. The normalized spacial score (nSPS) is 19.6. The average Bonchev–Trinajstić information content (AvgIpc) is 3.01. The zero-order valence-corrected chi connectivity index (χ0v) is 17.5. The van der Waals surface area contributed by atoms with Gasteiger partial charge in [-0.1, -0.05) is 41.9 Å². The lowest BCUT2D eigenvalue weighted by atomic mass is 10.1. The maximum Gasteiger partial charge on any atom is 0.151 e. The molecular formula is C21H26ClNO4S. The number of ether oxygens (including phenoxy) is 1. The monoisotopic (exact) mass is 423 g/mol. The van der Waals surface area contributed by atoms with Crippen molar-refractivity contribution in [1.82, 2.24) is 4.90 Å². The number of aliphatic hydroxyl groups excluding tert-OH is 1. The van der Waals surface area contributed by atoms with E-state index in [1.807, 2.05) is 60.4 Å². The molecule has 28 heavy (non-hydrogen) atoms. The molecule has 0 amide bonds. The number of benzene rings is 2. The van der Waals surface area contributed by atoms with Crippen LogP contribution in [0.2, 0.25) is 5.02 Å². The number of nitrogens with zero attached hydrogens (tertiary/aromatic N) is 1. The van der Waals surface area contributed by atoms with Crippen LogP contribution in [0.25, 0.3) is 0 Å². The third-order valence-corrected chi connectivity index (χ3v) is 7.05. The van der Waals surface area contributed by atoms with E-state index in [0.717, 1.165) is 11.1 Å². The van der Waals surface area contributed by atoms with Gasteiger partial charge in [0.05, 0.1) is 11.5 Å². The van der Waals surface area contributed by atoms with Crippen molar-refractivity contribution < 1.29 is 18.3 Å². The van der Waals surface area contributed by atoms with Crippen molar-refractivity contribution in [1.29, 1.82) is 0 Å². The molecule has 2 atom stereocenters. The first kappa shape index (κ1) is 21.1. The van der Waals surface area contributed by atoms with Crippen LogP contribution in [0.4, 0.5) is 0 Å². The standard InChI is InChI=1S/C21H26ClNO4S/c1-16-5-4-7-20(11-16)27-14-19(24)13-23(18-9-10-28(25,26)15-18)12-17-6-2-3-8-21(17)22/h2-8,11,18-19,24H,9-10,12-15H2,1H3. The smallest absolute Gasteiger partial charge is 0.151 e. The highest BCUT2D eigenvalue weighted by Gasteiger charge is 2.33. The molecule has 152 valence electrons. The maximum atomic E-state index is 12.0. The Hall–Kier alpha value is -1.60. The van der Waals surface area contributed by atoms with Gasteiger partial charge in [0.15, 0.2) is 9.84 Å². The van der Waals surface area contributed by atoms with Crippen molar-refractivity contribution in [2.45, 2.75) is 32.0 Å². The van der Waals surface area contributed by atoms with Gasteiger partial charge in [0.25, 0.3) is 0 Å². The van der Waals surface area contributed by atoms with Crippen LogP contribution in [-0.2, 0) is 16.4 Å². The minimum atomic E-state index is -3.03. The van der Waals surface area contributed by atoms with Crippen LogP contribution < -0.4 is 4.74 Å². The first-order chi connectivity index (χ1) is 13.3. The summed E-state index contributed by atoms with van der Waals surface area (Å²) in [5.41, 5.74) is 2.00. The van der Waals surface area contributed by atoms with E-state index in [4.69, 9.17) is 16.3 Å². The van der Waals surface area contributed by atoms with Crippen molar-refractivity contribution in [3.8, 4) is 5.75 Å². The zero-order valence-electron chi connectivity index (χ0n) is 15.9. The van der Waals surface area contributed by atoms with Gasteiger partial charge in [0.2, 0.25) is 0 Å². The maximum absolute atomic E-state index is 12.0. The summed E-state index contributed by atoms with van der Waals surface area (Å²) in [6, 6.07) is 15.0. The van der Waals surface area contributed by atoms with Gasteiger partial charge in [-0.2, -0.15) is 0 Å². The first-order valence-electron chi connectivity index (χ1n) is 9.38. The number of rotatable bonds is 8. The van der Waals surface area contributed by atoms with Crippen molar-refractivity contribution >= 4 is 21.4 Å². The molecular weight excluding hydrogens is 398 g/mol. The Morgan fingerprint density at radius 3 is 2.71 bits per heavy atom. The molecule has 1 heterocycles. The first-order valence-corrected chi connectivity index (χ1v) is 11.6. The largest absolute Gasteiger partial charge is 0.491 e. The number of hydrogen-bond donors (Lipinski definition) is 1. The van der Waals surface area contributed by atoms with Crippen LogP contribution in [0.1, 0.15) is 17.5 Å². The molecule has 7 heteroatoms. The number of sulfone groups is 1. The van der Waals surface area contributed by atoms with E-state index in [2.05, 4.69) is 0 Å². The van der Waals surface area contributed by atoms with Crippen LogP contribution in [0.15, 0.2) is 48.5 Å². The average molecular weight is 424 g/mol. The molecule has 1 N–H and O–H groups in total. The molecule has 3 rings (SSSR count). The Kier molecular flexibility index (Phi) is 6.99. The van der Waals surface area contributed by atoms with Gasteiger partial charge in [0, 0.05) is 24.2 Å². The molecule has 1 aliphatic rings. The van der Waals surface area contributed by atoms with E-state index >= 15 is 0 Å². The Labute approximate surface area is 171 Å². The van der Waals surface area contributed by atoms with E-state index in [1.165, 1.54) is 0 Å². The molecule has 2 aromatic rings. The summed E-state index contributed by atoms with van der Waals surface area (Å²) >= 11 is 6.29.